The van der Waals surface area contributed by atoms with Crippen LogP contribution in [0.5, 0.6) is 0 Å². The van der Waals surface area contributed by atoms with Crippen LogP contribution in [0.15, 0.2) is 21.7 Å². The average molecular weight is 554 g/mol. The van der Waals surface area contributed by atoms with Crippen molar-refractivity contribution >= 4 is 23.1 Å². The molecule has 1 aliphatic rings. The topological polar surface area (TPSA) is 130 Å². The van der Waals surface area contributed by atoms with Gasteiger partial charge in [0.1, 0.15) is 0 Å². The number of fused-ring (bicyclic) bond motifs is 1. The van der Waals surface area contributed by atoms with E-state index in [4.69, 9.17) is 10.5 Å². The summed E-state index contributed by atoms with van der Waals surface area (Å²) in [6.45, 7) is 5.01. The zero-order valence-electron chi connectivity index (χ0n) is 23.3. The lowest BCUT2D eigenvalue weighted by atomic mass is 10.1. The van der Waals surface area contributed by atoms with Crippen LogP contribution in [0.3, 0.4) is 0 Å². The van der Waals surface area contributed by atoms with Crippen LogP contribution in [-0.2, 0) is 24.9 Å². The summed E-state index contributed by atoms with van der Waals surface area (Å²) in [5, 5.41) is 0. The second kappa shape index (κ2) is 12.9. The number of carbonyl (C=O) groups is 1. The Hall–Kier alpha value is -3.98. The van der Waals surface area contributed by atoms with Crippen LogP contribution in [0.4, 0.5) is 10.3 Å². The summed E-state index contributed by atoms with van der Waals surface area (Å²) >= 11 is 0. The molecule has 3 aromatic rings. The number of hydrogen-bond donors (Lipinski definition) is 1. The molecule has 0 spiro atoms. The molecule has 0 aliphatic carbocycles. The van der Waals surface area contributed by atoms with Gasteiger partial charge in [-0.3, -0.25) is 18.5 Å². The molecule has 1 saturated heterocycles. The first-order valence-electron chi connectivity index (χ1n) is 13.7. The number of rotatable bonds is 10. The van der Waals surface area contributed by atoms with Crippen molar-refractivity contribution in [3.05, 3.63) is 50.2 Å². The number of aromatic nitrogens is 5. The minimum Gasteiger partial charge on any atom is -0.462 e. The minimum atomic E-state index is -0.840. The number of anilines is 1. The minimum absolute atomic E-state index is 0.000655. The van der Waals surface area contributed by atoms with Gasteiger partial charge in [0, 0.05) is 26.2 Å². The quantitative estimate of drug-likeness (QED) is 0.175. The lowest BCUT2D eigenvalue weighted by Gasteiger charge is -2.31. The van der Waals surface area contributed by atoms with Crippen molar-refractivity contribution in [1.82, 2.24) is 23.7 Å². The number of piperidine rings is 1. The van der Waals surface area contributed by atoms with Crippen LogP contribution in [0, 0.1) is 17.8 Å². The molecule has 0 bridgehead atoms. The standard InChI is InChI=1S/C28H36FN7O4/c1-4-6-8-9-16-40-26(38)20-12-13-22(29)31-21(20)18-36-25(37)23-24(33(3)28(36)39)32-27(35(23)15-7-5-2)34-14-10-11-19(30)17-34/h12-13,19H,4,6,8-11,14-18,30H2,1-3H3/t19-/m1/s1. The van der Waals surface area contributed by atoms with E-state index >= 15 is 0 Å². The van der Waals surface area contributed by atoms with E-state index in [0.29, 0.717) is 25.5 Å². The van der Waals surface area contributed by atoms with Crippen LogP contribution < -0.4 is 21.9 Å². The Balaban J connectivity index is 1.77. The summed E-state index contributed by atoms with van der Waals surface area (Å²) in [7, 11) is 1.51. The van der Waals surface area contributed by atoms with Crippen LogP contribution in [0.2, 0.25) is 0 Å². The maximum Gasteiger partial charge on any atom is 0.340 e. The fourth-order valence-electron chi connectivity index (χ4n) is 4.94. The Morgan fingerprint density at radius 2 is 2.00 bits per heavy atom. The fraction of sp³-hybridized carbons (Fsp3) is 0.536. The molecule has 1 atom stereocenters. The maximum atomic E-state index is 14.2. The summed E-state index contributed by atoms with van der Waals surface area (Å²) in [4.78, 5) is 50.6. The molecule has 0 saturated carbocycles. The highest BCUT2D eigenvalue weighted by Crippen LogP contribution is 2.23. The van der Waals surface area contributed by atoms with E-state index in [2.05, 4.69) is 28.7 Å². The van der Waals surface area contributed by atoms with Crippen molar-refractivity contribution in [3.8, 4) is 11.8 Å². The SMILES string of the molecule is CC#CCn1c(N2CCC[C@@H](N)C2)nc2c1c(=O)n(Cc1nc(F)ccc1C(=O)OCCCCCC)c(=O)n2C. The third kappa shape index (κ3) is 6.09. The number of nitrogens with zero attached hydrogens (tertiary/aromatic N) is 6. The van der Waals surface area contributed by atoms with Crippen molar-refractivity contribution in [2.75, 3.05) is 24.6 Å². The van der Waals surface area contributed by atoms with Crippen molar-refractivity contribution < 1.29 is 13.9 Å². The smallest absolute Gasteiger partial charge is 0.340 e. The molecule has 0 amide bonds. The highest BCUT2D eigenvalue weighted by Gasteiger charge is 2.27. The number of pyridine rings is 1. The van der Waals surface area contributed by atoms with Gasteiger partial charge in [-0.15, -0.1) is 5.92 Å². The van der Waals surface area contributed by atoms with Crippen molar-refractivity contribution in [2.24, 2.45) is 12.8 Å². The normalized spacial score (nSPS) is 15.2. The Morgan fingerprint density at radius 1 is 1.20 bits per heavy atom. The Bertz CT molecular complexity index is 1560. The summed E-state index contributed by atoms with van der Waals surface area (Å²) in [6, 6.07) is 2.28. The van der Waals surface area contributed by atoms with Gasteiger partial charge in [-0.2, -0.15) is 9.37 Å². The molecule has 1 fully saturated rings. The number of halogens is 1. The Labute approximate surface area is 231 Å². The monoisotopic (exact) mass is 553 g/mol. The van der Waals surface area contributed by atoms with Gasteiger partial charge in [0.05, 0.1) is 31.0 Å². The molecule has 40 heavy (non-hydrogen) atoms. The van der Waals surface area contributed by atoms with E-state index in [9.17, 15) is 18.8 Å². The van der Waals surface area contributed by atoms with Gasteiger partial charge >= 0.3 is 11.7 Å². The summed E-state index contributed by atoms with van der Waals surface area (Å²) in [5.41, 5.74) is 5.20. The molecule has 2 N–H and O–H groups in total. The molecule has 3 aromatic heterocycles. The van der Waals surface area contributed by atoms with E-state index in [0.717, 1.165) is 42.7 Å². The number of esters is 1. The molecule has 4 heterocycles. The lowest BCUT2D eigenvalue weighted by molar-refractivity contribution is 0.0495. The summed E-state index contributed by atoms with van der Waals surface area (Å²) in [5.74, 6) is 4.81. The first kappa shape index (κ1) is 29.0. The number of nitrogens with two attached hydrogens (primary N) is 1. The summed E-state index contributed by atoms with van der Waals surface area (Å²) in [6.07, 6.45) is 5.46. The molecule has 1 aliphatic heterocycles. The van der Waals surface area contributed by atoms with Gasteiger partial charge in [0.25, 0.3) is 5.56 Å². The van der Waals surface area contributed by atoms with Gasteiger partial charge in [-0.1, -0.05) is 32.1 Å². The van der Waals surface area contributed by atoms with E-state index in [1.54, 1.807) is 11.5 Å². The average Bonchev–Trinajstić information content (AvgIpc) is 3.32. The van der Waals surface area contributed by atoms with Crippen molar-refractivity contribution in [2.45, 2.75) is 71.5 Å². The van der Waals surface area contributed by atoms with E-state index in [1.165, 1.54) is 17.7 Å². The first-order valence-corrected chi connectivity index (χ1v) is 13.7. The third-order valence-electron chi connectivity index (χ3n) is 7.07. The van der Waals surface area contributed by atoms with E-state index in [1.807, 2.05) is 4.90 Å². The third-order valence-corrected chi connectivity index (χ3v) is 7.07. The lowest BCUT2D eigenvalue weighted by Crippen LogP contribution is -2.44. The molecular formula is C28H36FN7O4. The number of hydrogen-bond acceptors (Lipinski definition) is 8. The van der Waals surface area contributed by atoms with E-state index < -0.39 is 29.7 Å². The van der Waals surface area contributed by atoms with Crippen molar-refractivity contribution in [1.29, 1.82) is 0 Å². The van der Waals surface area contributed by atoms with Crippen LogP contribution >= 0.6 is 0 Å². The van der Waals surface area contributed by atoms with Crippen LogP contribution in [0.25, 0.3) is 11.2 Å². The number of imidazole rings is 1. The maximum absolute atomic E-state index is 14.2. The van der Waals surface area contributed by atoms with Gasteiger partial charge in [0.15, 0.2) is 11.2 Å². The number of ether oxygens (including phenoxy) is 1. The Morgan fingerprint density at radius 3 is 2.73 bits per heavy atom. The molecule has 12 heteroatoms. The second-order valence-corrected chi connectivity index (χ2v) is 10.0. The van der Waals surface area contributed by atoms with Crippen LogP contribution in [0.1, 0.15) is 68.4 Å². The van der Waals surface area contributed by atoms with Crippen molar-refractivity contribution in [3.63, 3.8) is 0 Å². The number of aryl methyl sites for hydroxylation is 1. The molecular weight excluding hydrogens is 517 g/mol. The second-order valence-electron chi connectivity index (χ2n) is 10.0. The summed E-state index contributed by atoms with van der Waals surface area (Å²) < 4.78 is 23.5. The highest BCUT2D eigenvalue weighted by atomic mass is 19.1. The first-order chi connectivity index (χ1) is 19.3. The van der Waals surface area contributed by atoms with E-state index in [-0.39, 0.29) is 41.6 Å². The zero-order chi connectivity index (χ0) is 28.8. The molecule has 11 nitrogen and oxygen atoms in total. The number of carbonyl (C=O) groups excluding carboxylic acids is 1. The predicted molar refractivity (Wildman–Crippen MR) is 150 cm³/mol. The van der Waals surface area contributed by atoms with Gasteiger partial charge < -0.3 is 15.4 Å². The fourth-order valence-corrected chi connectivity index (χ4v) is 4.94. The number of unbranched alkanes of at least 4 members (excludes halogenated alkanes) is 3. The zero-order valence-corrected chi connectivity index (χ0v) is 23.3. The predicted octanol–water partition coefficient (Wildman–Crippen LogP) is 2.17. The highest BCUT2D eigenvalue weighted by molar-refractivity contribution is 5.90. The molecule has 4 rings (SSSR count). The molecule has 0 unspecified atom stereocenters. The van der Waals surface area contributed by atoms with Gasteiger partial charge in [-0.25, -0.2) is 14.6 Å². The largest absolute Gasteiger partial charge is 0.462 e. The molecule has 0 aromatic carbocycles. The van der Waals surface area contributed by atoms with Gasteiger partial charge in [0.2, 0.25) is 11.9 Å². The Kier molecular flexibility index (Phi) is 9.37. The molecule has 214 valence electrons. The van der Waals surface area contributed by atoms with Crippen LogP contribution in [-0.4, -0.2) is 55.4 Å². The molecule has 0 radical (unpaired) electrons. The van der Waals surface area contributed by atoms with Gasteiger partial charge in [-0.05, 0) is 38.3 Å².